The first-order valence-corrected chi connectivity index (χ1v) is 9.51. The van der Waals surface area contributed by atoms with E-state index in [2.05, 4.69) is 4.98 Å². The molecule has 4 rings (SSSR count). The molecule has 0 radical (unpaired) electrons. The maximum atomic E-state index is 15.2. The highest BCUT2D eigenvalue weighted by atomic mass is 19.3. The molecule has 0 bridgehead atoms. The summed E-state index contributed by atoms with van der Waals surface area (Å²) in [4.78, 5) is 30.4. The number of nitrogens with zero attached hydrogens (tertiary/aromatic N) is 2. The van der Waals surface area contributed by atoms with E-state index in [9.17, 15) is 9.59 Å². The minimum Gasteiger partial charge on any atom is -0.462 e. The predicted molar refractivity (Wildman–Crippen MR) is 106 cm³/mol. The maximum Gasteiger partial charge on any atom is 0.338 e. The zero-order valence-corrected chi connectivity index (χ0v) is 16.7. The third kappa shape index (κ3) is 3.03. The molecular formula is C22H20F2N2O4. The fourth-order valence-corrected chi connectivity index (χ4v) is 3.93. The molecule has 0 saturated heterocycles. The molecule has 1 unspecified atom stereocenters. The molecule has 2 aromatic carbocycles. The van der Waals surface area contributed by atoms with E-state index in [4.69, 9.17) is 9.15 Å². The van der Waals surface area contributed by atoms with Gasteiger partial charge in [0.1, 0.15) is 5.52 Å². The third-order valence-electron chi connectivity index (χ3n) is 5.42. The number of alkyl halides is 2. The first kappa shape index (κ1) is 20.0. The fourth-order valence-electron chi connectivity index (χ4n) is 3.93. The molecule has 1 atom stereocenters. The number of likely N-dealkylation sites (N-methyl/N-ethyl adjacent to an activating group) is 1. The number of aromatic nitrogens is 1. The van der Waals surface area contributed by atoms with Gasteiger partial charge in [-0.05, 0) is 49.7 Å². The molecule has 1 aromatic heterocycles. The Labute approximate surface area is 171 Å². The number of para-hydroxylation sites is 2. The summed E-state index contributed by atoms with van der Waals surface area (Å²) in [5.41, 5.74) is 0.0150. The van der Waals surface area contributed by atoms with Crippen LogP contribution >= 0.6 is 0 Å². The van der Waals surface area contributed by atoms with Crippen molar-refractivity contribution in [1.82, 2.24) is 4.98 Å². The molecule has 1 amide bonds. The summed E-state index contributed by atoms with van der Waals surface area (Å²) in [7, 11) is 1.52. The van der Waals surface area contributed by atoms with Crippen molar-refractivity contribution < 1.29 is 27.5 Å². The highest BCUT2D eigenvalue weighted by Gasteiger charge is 2.54. The van der Waals surface area contributed by atoms with E-state index in [0.29, 0.717) is 16.8 Å². The number of oxazole rings is 1. The van der Waals surface area contributed by atoms with Gasteiger partial charge in [-0.15, -0.1) is 0 Å². The van der Waals surface area contributed by atoms with Gasteiger partial charge in [-0.25, -0.2) is 9.78 Å². The third-order valence-corrected chi connectivity index (χ3v) is 5.42. The normalized spacial score (nSPS) is 18.7. The Morgan fingerprint density at radius 1 is 1.27 bits per heavy atom. The summed E-state index contributed by atoms with van der Waals surface area (Å²) in [5, 5.41) is 0. The van der Waals surface area contributed by atoms with Crippen LogP contribution in [0.15, 0.2) is 46.9 Å². The van der Waals surface area contributed by atoms with Crippen LogP contribution in [0, 0.1) is 0 Å². The second-order valence-electron chi connectivity index (χ2n) is 7.52. The minimum absolute atomic E-state index is 0.182. The molecule has 6 nitrogen and oxygen atoms in total. The number of hydrogen-bond donors (Lipinski definition) is 0. The van der Waals surface area contributed by atoms with Gasteiger partial charge in [0.2, 0.25) is 5.91 Å². The van der Waals surface area contributed by atoms with Crippen molar-refractivity contribution in [3.8, 4) is 0 Å². The van der Waals surface area contributed by atoms with Gasteiger partial charge in [0.15, 0.2) is 5.58 Å². The Hall–Kier alpha value is -3.29. The second kappa shape index (κ2) is 6.90. The monoisotopic (exact) mass is 414 g/mol. The quantitative estimate of drug-likeness (QED) is 0.578. The van der Waals surface area contributed by atoms with Crippen molar-refractivity contribution >= 4 is 28.7 Å². The van der Waals surface area contributed by atoms with Crippen molar-refractivity contribution in [3.63, 3.8) is 0 Å². The van der Waals surface area contributed by atoms with E-state index in [1.54, 1.807) is 37.3 Å². The molecule has 156 valence electrons. The van der Waals surface area contributed by atoms with Crippen molar-refractivity contribution in [2.75, 3.05) is 18.6 Å². The van der Waals surface area contributed by atoms with Gasteiger partial charge in [-0.2, -0.15) is 8.78 Å². The zero-order chi connectivity index (χ0) is 21.7. The smallest absolute Gasteiger partial charge is 0.338 e. The number of benzene rings is 2. The van der Waals surface area contributed by atoms with Crippen LogP contribution in [0.2, 0.25) is 0 Å². The van der Waals surface area contributed by atoms with Crippen LogP contribution in [-0.4, -0.2) is 30.5 Å². The number of carbonyl (C=O) groups is 2. The molecule has 0 fully saturated rings. The lowest BCUT2D eigenvalue weighted by atomic mass is 9.78. The van der Waals surface area contributed by atoms with Gasteiger partial charge in [0.25, 0.3) is 5.89 Å². The highest BCUT2D eigenvalue weighted by molar-refractivity contribution is 6.08. The Balaban J connectivity index is 1.75. The Morgan fingerprint density at radius 3 is 2.70 bits per heavy atom. The van der Waals surface area contributed by atoms with Gasteiger partial charge >= 0.3 is 11.9 Å². The van der Waals surface area contributed by atoms with Crippen molar-refractivity contribution in [2.24, 2.45) is 0 Å². The first-order chi connectivity index (χ1) is 14.2. The largest absolute Gasteiger partial charge is 0.462 e. The fraction of sp³-hybridized carbons (Fsp3) is 0.318. The topological polar surface area (TPSA) is 72.6 Å². The SMILES string of the molecule is CCOC(=O)c1ccc2c(c1)C(C)(CC(F)(F)c1nc3ccccc3o1)C(=O)N2C. The number of amides is 1. The second-order valence-corrected chi connectivity index (χ2v) is 7.52. The van der Waals surface area contributed by atoms with Crippen LogP contribution in [0.4, 0.5) is 14.5 Å². The number of esters is 1. The molecule has 0 saturated carbocycles. The van der Waals surface area contributed by atoms with Crippen LogP contribution in [0.3, 0.4) is 0 Å². The van der Waals surface area contributed by atoms with Crippen LogP contribution < -0.4 is 4.90 Å². The molecule has 30 heavy (non-hydrogen) atoms. The molecule has 0 spiro atoms. The van der Waals surface area contributed by atoms with E-state index in [0.717, 1.165) is 0 Å². The van der Waals surface area contributed by atoms with E-state index >= 15 is 8.78 Å². The van der Waals surface area contributed by atoms with Crippen molar-refractivity contribution in [1.29, 1.82) is 0 Å². The van der Waals surface area contributed by atoms with E-state index < -0.39 is 35.5 Å². The highest BCUT2D eigenvalue weighted by Crippen LogP contribution is 2.49. The van der Waals surface area contributed by atoms with Gasteiger partial charge < -0.3 is 14.1 Å². The minimum atomic E-state index is -3.51. The molecular weight excluding hydrogens is 394 g/mol. The lowest BCUT2D eigenvalue weighted by Crippen LogP contribution is -2.40. The molecule has 3 aromatic rings. The average Bonchev–Trinajstić information content (AvgIpc) is 3.23. The number of halogens is 2. The molecule has 0 aliphatic carbocycles. The van der Waals surface area contributed by atoms with E-state index in [1.807, 2.05) is 0 Å². The zero-order valence-electron chi connectivity index (χ0n) is 16.7. The summed E-state index contributed by atoms with van der Waals surface area (Å²) < 4.78 is 40.8. The number of carbonyl (C=O) groups excluding carboxylic acids is 2. The van der Waals surface area contributed by atoms with Crippen LogP contribution in [0.25, 0.3) is 11.1 Å². The van der Waals surface area contributed by atoms with Crippen LogP contribution in [0.1, 0.15) is 42.1 Å². The number of anilines is 1. The number of fused-ring (bicyclic) bond motifs is 2. The summed E-state index contributed by atoms with van der Waals surface area (Å²) in [6, 6.07) is 11.0. The summed E-state index contributed by atoms with van der Waals surface area (Å²) in [6.07, 6.45) is -0.852. The standard InChI is InChI=1S/C22H20F2N2O4/c1-4-29-18(27)13-9-10-16-14(11-13)21(2,20(28)26(16)3)12-22(23,24)19-25-15-7-5-6-8-17(15)30-19/h5-11H,4,12H2,1-3H3. The van der Waals surface area contributed by atoms with Gasteiger partial charge in [0.05, 0.1) is 17.6 Å². The Bertz CT molecular complexity index is 1120. The van der Waals surface area contributed by atoms with E-state index in [-0.39, 0.29) is 17.8 Å². The van der Waals surface area contributed by atoms with Crippen LogP contribution in [0.5, 0.6) is 0 Å². The summed E-state index contributed by atoms with van der Waals surface area (Å²) in [5.74, 6) is -5.31. The van der Waals surface area contributed by atoms with Crippen molar-refractivity contribution in [3.05, 3.63) is 59.5 Å². The van der Waals surface area contributed by atoms with Gasteiger partial charge in [-0.1, -0.05) is 12.1 Å². The van der Waals surface area contributed by atoms with E-state index in [1.165, 1.54) is 31.0 Å². The van der Waals surface area contributed by atoms with Crippen molar-refractivity contribution in [2.45, 2.75) is 31.6 Å². The number of rotatable bonds is 5. The molecule has 2 heterocycles. The first-order valence-electron chi connectivity index (χ1n) is 9.51. The molecule has 1 aliphatic heterocycles. The maximum absolute atomic E-state index is 15.2. The average molecular weight is 414 g/mol. The molecule has 0 N–H and O–H groups in total. The molecule has 1 aliphatic rings. The summed E-state index contributed by atoms with van der Waals surface area (Å²) >= 11 is 0. The summed E-state index contributed by atoms with van der Waals surface area (Å²) in [6.45, 7) is 3.30. The predicted octanol–water partition coefficient (Wildman–Crippen LogP) is 4.42. The van der Waals surface area contributed by atoms with Gasteiger partial charge in [-0.3, -0.25) is 4.79 Å². The Kier molecular flexibility index (Phi) is 4.60. The number of hydrogen-bond acceptors (Lipinski definition) is 5. The molecule has 8 heteroatoms. The van der Waals surface area contributed by atoms with Crippen LogP contribution in [-0.2, 0) is 20.9 Å². The number of ether oxygens (including phenoxy) is 1. The lowest BCUT2D eigenvalue weighted by molar-refractivity contribution is -0.128. The lowest BCUT2D eigenvalue weighted by Gasteiger charge is -2.27. The van der Waals surface area contributed by atoms with Gasteiger partial charge in [0, 0.05) is 19.2 Å². The Morgan fingerprint density at radius 2 is 2.00 bits per heavy atom.